The quantitative estimate of drug-likeness (QED) is 0.581. The number of benzene rings is 2. The van der Waals surface area contributed by atoms with Crippen molar-refractivity contribution in [3.8, 4) is 0 Å². The fraction of sp³-hybridized carbons (Fsp3) is 0.0769. The highest BCUT2D eigenvalue weighted by molar-refractivity contribution is 9.10. The average Bonchev–Trinajstić information content (AvgIpc) is 2.39. The summed E-state index contributed by atoms with van der Waals surface area (Å²) in [5.41, 5.74) is 6.87. The molecule has 8 heteroatoms. The van der Waals surface area contributed by atoms with E-state index < -0.39 is 10.0 Å². The summed E-state index contributed by atoms with van der Waals surface area (Å²) in [6, 6.07) is 7.70. The second-order valence-corrected chi connectivity index (χ2v) is 7.61. The van der Waals surface area contributed by atoms with Gasteiger partial charge in [0.2, 0.25) is 0 Å². The van der Waals surface area contributed by atoms with E-state index in [1.165, 1.54) is 18.2 Å². The van der Waals surface area contributed by atoms with Crippen molar-refractivity contribution in [1.29, 1.82) is 0 Å². The monoisotopic (exact) mass is 408 g/mol. The molecule has 0 spiro atoms. The van der Waals surface area contributed by atoms with Crippen molar-refractivity contribution >= 4 is 60.5 Å². The van der Waals surface area contributed by atoms with E-state index in [0.29, 0.717) is 15.7 Å². The Morgan fingerprint density at radius 2 is 1.81 bits per heavy atom. The van der Waals surface area contributed by atoms with Crippen LogP contribution in [0.3, 0.4) is 0 Å². The summed E-state index contributed by atoms with van der Waals surface area (Å²) in [6.45, 7) is 1.67. The maximum Gasteiger partial charge on any atom is 0.262 e. The van der Waals surface area contributed by atoms with Gasteiger partial charge in [-0.05, 0) is 58.7 Å². The Hall–Kier alpha value is -0.950. The van der Waals surface area contributed by atoms with E-state index in [1.807, 2.05) is 0 Å². The van der Waals surface area contributed by atoms with Crippen LogP contribution >= 0.6 is 39.1 Å². The van der Waals surface area contributed by atoms with Crippen LogP contribution in [0, 0.1) is 6.92 Å². The van der Waals surface area contributed by atoms with Crippen LogP contribution in [0.1, 0.15) is 5.56 Å². The first-order valence-corrected chi connectivity index (χ1v) is 8.78. The van der Waals surface area contributed by atoms with Gasteiger partial charge >= 0.3 is 0 Å². The molecule has 21 heavy (non-hydrogen) atoms. The summed E-state index contributed by atoms with van der Waals surface area (Å²) >= 11 is 15.2. The molecule has 0 saturated heterocycles. The number of halogens is 3. The fourth-order valence-electron chi connectivity index (χ4n) is 1.78. The lowest BCUT2D eigenvalue weighted by Crippen LogP contribution is -2.14. The lowest BCUT2D eigenvalue weighted by molar-refractivity contribution is 0.600. The lowest BCUT2D eigenvalue weighted by Gasteiger charge is -2.13. The minimum absolute atomic E-state index is 0.128. The van der Waals surface area contributed by atoms with Crippen LogP contribution in [0.2, 0.25) is 10.0 Å². The number of rotatable bonds is 3. The van der Waals surface area contributed by atoms with Gasteiger partial charge < -0.3 is 5.73 Å². The van der Waals surface area contributed by atoms with Gasteiger partial charge in [0.05, 0.1) is 20.6 Å². The number of nitrogens with one attached hydrogen (secondary N) is 1. The molecule has 0 atom stereocenters. The van der Waals surface area contributed by atoms with Crippen molar-refractivity contribution in [3.63, 3.8) is 0 Å². The summed E-state index contributed by atoms with van der Waals surface area (Å²) < 4.78 is 27.8. The van der Waals surface area contributed by atoms with Crippen molar-refractivity contribution in [2.75, 3.05) is 10.5 Å². The van der Waals surface area contributed by atoms with Gasteiger partial charge in [-0.25, -0.2) is 8.42 Å². The number of hydrogen-bond acceptors (Lipinski definition) is 3. The van der Waals surface area contributed by atoms with E-state index in [1.54, 1.807) is 19.1 Å². The van der Waals surface area contributed by atoms with Crippen LogP contribution in [0.4, 0.5) is 11.4 Å². The largest absolute Gasteiger partial charge is 0.399 e. The van der Waals surface area contributed by atoms with Crippen molar-refractivity contribution in [3.05, 3.63) is 50.4 Å². The van der Waals surface area contributed by atoms with Gasteiger partial charge in [0, 0.05) is 10.2 Å². The van der Waals surface area contributed by atoms with Gasteiger partial charge in [0.15, 0.2) is 0 Å². The first-order chi connectivity index (χ1) is 9.72. The van der Waals surface area contributed by atoms with Gasteiger partial charge in [-0.15, -0.1) is 0 Å². The third-order valence-corrected chi connectivity index (χ3v) is 6.06. The number of sulfonamides is 1. The topological polar surface area (TPSA) is 72.2 Å². The zero-order valence-corrected chi connectivity index (χ0v) is 14.7. The first-order valence-electron chi connectivity index (χ1n) is 5.75. The zero-order valence-electron chi connectivity index (χ0n) is 10.8. The standard InChI is InChI=1S/C13H11BrCl2N2O2S/c1-7-6-8(17)2-5-11(7)21(19,20)18-10-4-3-9(14)12(15)13(10)16/h2-6,18H,17H2,1H3. The van der Waals surface area contributed by atoms with Gasteiger partial charge in [0.1, 0.15) is 0 Å². The molecular formula is C13H11BrCl2N2O2S. The highest BCUT2D eigenvalue weighted by atomic mass is 79.9. The number of hydrogen-bond donors (Lipinski definition) is 2. The van der Waals surface area contributed by atoms with Crippen LogP contribution in [0.5, 0.6) is 0 Å². The molecule has 0 amide bonds. The van der Waals surface area contributed by atoms with Crippen molar-refractivity contribution in [1.82, 2.24) is 0 Å². The molecule has 3 N–H and O–H groups in total. The van der Waals surface area contributed by atoms with Crippen LogP contribution in [-0.2, 0) is 10.0 Å². The zero-order chi connectivity index (χ0) is 15.8. The van der Waals surface area contributed by atoms with Crippen LogP contribution in [0.15, 0.2) is 39.7 Å². The smallest absolute Gasteiger partial charge is 0.262 e. The van der Waals surface area contributed by atoms with Gasteiger partial charge in [-0.2, -0.15) is 0 Å². The maximum atomic E-state index is 12.4. The number of nitrogens with two attached hydrogens (primary N) is 1. The molecule has 0 fully saturated rings. The van der Waals surface area contributed by atoms with Gasteiger partial charge in [-0.3, -0.25) is 4.72 Å². The summed E-state index contributed by atoms with van der Waals surface area (Å²) in [5, 5.41) is 0.369. The van der Waals surface area contributed by atoms with E-state index in [0.717, 1.165) is 0 Å². The Morgan fingerprint density at radius 1 is 1.14 bits per heavy atom. The SMILES string of the molecule is Cc1cc(N)ccc1S(=O)(=O)Nc1ccc(Br)c(Cl)c1Cl. The number of anilines is 2. The van der Waals surface area contributed by atoms with Crippen LogP contribution in [-0.4, -0.2) is 8.42 Å². The third kappa shape index (κ3) is 3.45. The van der Waals surface area contributed by atoms with E-state index in [2.05, 4.69) is 20.7 Å². The summed E-state index contributed by atoms with van der Waals surface area (Å²) in [5.74, 6) is 0. The predicted octanol–water partition coefficient (Wildman–Crippen LogP) is 4.45. The molecule has 0 saturated carbocycles. The number of nitrogen functional groups attached to an aromatic ring is 1. The van der Waals surface area contributed by atoms with Crippen molar-refractivity contribution in [2.45, 2.75) is 11.8 Å². The lowest BCUT2D eigenvalue weighted by atomic mass is 10.2. The first kappa shape index (κ1) is 16.4. The predicted molar refractivity (Wildman–Crippen MR) is 90.6 cm³/mol. The average molecular weight is 410 g/mol. The van der Waals surface area contributed by atoms with E-state index in [4.69, 9.17) is 28.9 Å². The Morgan fingerprint density at radius 3 is 2.43 bits per heavy atom. The minimum atomic E-state index is -3.78. The maximum absolute atomic E-state index is 12.4. The van der Waals surface area contributed by atoms with E-state index in [-0.39, 0.29) is 20.6 Å². The third-order valence-electron chi connectivity index (χ3n) is 2.77. The molecule has 0 aliphatic carbocycles. The van der Waals surface area contributed by atoms with Crippen LogP contribution in [0.25, 0.3) is 0 Å². The Kier molecular flexibility index (Phi) is 4.72. The molecule has 0 unspecified atom stereocenters. The molecule has 2 aromatic carbocycles. The molecule has 4 nitrogen and oxygen atoms in total. The number of aryl methyl sites for hydroxylation is 1. The summed E-state index contributed by atoms with van der Waals surface area (Å²) in [7, 11) is -3.78. The molecule has 0 radical (unpaired) electrons. The molecule has 0 aliphatic rings. The molecule has 2 aromatic rings. The molecule has 0 aliphatic heterocycles. The molecule has 112 valence electrons. The second-order valence-electron chi connectivity index (χ2n) is 4.35. The van der Waals surface area contributed by atoms with Crippen molar-refractivity contribution in [2.24, 2.45) is 0 Å². The summed E-state index contributed by atoms with van der Waals surface area (Å²) in [6.07, 6.45) is 0. The fourth-order valence-corrected chi connectivity index (χ4v) is 3.96. The van der Waals surface area contributed by atoms with E-state index in [9.17, 15) is 8.42 Å². The Balaban J connectivity index is 2.45. The van der Waals surface area contributed by atoms with Gasteiger partial charge in [0.25, 0.3) is 10.0 Å². The normalized spacial score (nSPS) is 11.4. The molecule has 0 aromatic heterocycles. The molecule has 0 bridgehead atoms. The minimum Gasteiger partial charge on any atom is -0.399 e. The molecule has 2 rings (SSSR count). The highest BCUT2D eigenvalue weighted by Crippen LogP contribution is 2.36. The summed E-state index contributed by atoms with van der Waals surface area (Å²) in [4.78, 5) is 0.131. The highest BCUT2D eigenvalue weighted by Gasteiger charge is 2.19. The Bertz CT molecular complexity index is 810. The second kappa shape index (κ2) is 6.04. The molecule has 0 heterocycles. The van der Waals surface area contributed by atoms with Crippen LogP contribution < -0.4 is 10.5 Å². The van der Waals surface area contributed by atoms with Gasteiger partial charge in [-0.1, -0.05) is 23.2 Å². The van der Waals surface area contributed by atoms with Crippen molar-refractivity contribution < 1.29 is 8.42 Å². The molecular weight excluding hydrogens is 399 g/mol. The van der Waals surface area contributed by atoms with E-state index >= 15 is 0 Å². The Labute approximate surface area is 141 Å².